The molecule has 0 aliphatic rings. The second-order valence-electron chi connectivity index (χ2n) is 3.77. The maximum atomic E-state index is 6.08. The summed E-state index contributed by atoms with van der Waals surface area (Å²) < 4.78 is 1.99. The number of halogens is 3. The standard InChI is InChI=1S/C14H12Cl2N.HI/c1-17-9-7-11(8-10-17)5-6-12-13(15)3-2-4-14(12)16;/h2-10H,1H3;1H/q+1;. The summed E-state index contributed by atoms with van der Waals surface area (Å²) in [5, 5.41) is 1.32. The maximum Gasteiger partial charge on any atom is 0.169 e. The van der Waals surface area contributed by atoms with Crippen LogP contribution < -0.4 is 4.57 Å². The summed E-state index contributed by atoms with van der Waals surface area (Å²) in [6, 6.07) is 9.56. The lowest BCUT2D eigenvalue weighted by Gasteiger charge is -2.00. The summed E-state index contributed by atoms with van der Waals surface area (Å²) in [6.07, 6.45) is 7.91. The van der Waals surface area contributed by atoms with Gasteiger partial charge in [-0.3, -0.25) is 0 Å². The number of aryl methyl sites for hydroxylation is 1. The SMILES string of the molecule is C[n+]1ccc(C=Cc2c(Cl)cccc2Cl)cc1.I. The molecule has 0 saturated heterocycles. The Bertz CT molecular complexity index is 530. The van der Waals surface area contributed by atoms with Gasteiger partial charge in [-0.15, -0.1) is 24.0 Å². The molecule has 0 unspecified atom stereocenters. The Morgan fingerprint density at radius 1 is 0.944 bits per heavy atom. The molecule has 94 valence electrons. The molecule has 1 aromatic carbocycles. The van der Waals surface area contributed by atoms with Crippen LogP contribution in [-0.4, -0.2) is 0 Å². The van der Waals surface area contributed by atoms with Crippen LogP contribution in [0.2, 0.25) is 10.0 Å². The average Bonchev–Trinajstić information content (AvgIpc) is 2.31. The van der Waals surface area contributed by atoms with E-state index in [0.717, 1.165) is 11.1 Å². The molecule has 0 bridgehead atoms. The molecule has 1 heterocycles. The van der Waals surface area contributed by atoms with Crippen LogP contribution in [-0.2, 0) is 7.05 Å². The highest BCUT2D eigenvalue weighted by atomic mass is 127. The van der Waals surface area contributed by atoms with E-state index >= 15 is 0 Å². The third-order valence-electron chi connectivity index (χ3n) is 2.45. The van der Waals surface area contributed by atoms with Crippen LogP contribution >= 0.6 is 47.2 Å². The molecule has 0 spiro atoms. The van der Waals surface area contributed by atoms with Crippen molar-refractivity contribution in [3.8, 4) is 0 Å². The second kappa shape index (κ2) is 7.12. The Morgan fingerprint density at radius 3 is 2.06 bits per heavy atom. The minimum absolute atomic E-state index is 0. The molecule has 0 atom stereocenters. The molecule has 1 nitrogen and oxygen atoms in total. The number of rotatable bonds is 2. The molecule has 0 saturated carbocycles. The minimum atomic E-state index is 0. The van der Waals surface area contributed by atoms with Gasteiger partial charge in [-0.25, -0.2) is 4.57 Å². The zero-order chi connectivity index (χ0) is 12.3. The quantitative estimate of drug-likeness (QED) is 0.519. The van der Waals surface area contributed by atoms with Crippen molar-refractivity contribution < 1.29 is 4.57 Å². The number of aromatic nitrogens is 1. The van der Waals surface area contributed by atoms with Crippen LogP contribution in [0.15, 0.2) is 42.7 Å². The van der Waals surface area contributed by atoms with Crippen molar-refractivity contribution in [2.45, 2.75) is 0 Å². The van der Waals surface area contributed by atoms with Crippen molar-refractivity contribution in [1.29, 1.82) is 0 Å². The smallest absolute Gasteiger partial charge is 0.169 e. The molecule has 0 amide bonds. The van der Waals surface area contributed by atoms with E-state index in [1.165, 1.54) is 0 Å². The van der Waals surface area contributed by atoms with Gasteiger partial charge in [0.2, 0.25) is 0 Å². The van der Waals surface area contributed by atoms with Gasteiger partial charge in [-0.1, -0.05) is 41.4 Å². The van der Waals surface area contributed by atoms with Crippen LogP contribution in [0.5, 0.6) is 0 Å². The van der Waals surface area contributed by atoms with E-state index in [1.807, 2.05) is 66.5 Å². The Morgan fingerprint density at radius 2 is 1.50 bits per heavy atom. The monoisotopic (exact) mass is 392 g/mol. The van der Waals surface area contributed by atoms with Crippen LogP contribution in [0.25, 0.3) is 12.2 Å². The number of pyridine rings is 1. The first-order chi connectivity index (χ1) is 8.16. The number of hydrogen-bond donors (Lipinski definition) is 0. The molecular formula is C14H13Cl2IN+. The van der Waals surface area contributed by atoms with E-state index in [-0.39, 0.29) is 24.0 Å². The van der Waals surface area contributed by atoms with Gasteiger partial charge in [0.25, 0.3) is 0 Å². The zero-order valence-electron chi connectivity index (χ0n) is 9.81. The summed E-state index contributed by atoms with van der Waals surface area (Å²) in [7, 11) is 1.98. The summed E-state index contributed by atoms with van der Waals surface area (Å²) in [5.74, 6) is 0. The molecule has 18 heavy (non-hydrogen) atoms. The van der Waals surface area contributed by atoms with Gasteiger partial charge in [0, 0.05) is 27.7 Å². The van der Waals surface area contributed by atoms with E-state index in [4.69, 9.17) is 23.2 Å². The summed E-state index contributed by atoms with van der Waals surface area (Å²) >= 11 is 12.2. The van der Waals surface area contributed by atoms with Gasteiger partial charge in [0.1, 0.15) is 7.05 Å². The fraction of sp³-hybridized carbons (Fsp3) is 0.0714. The molecule has 2 rings (SSSR count). The van der Waals surface area contributed by atoms with Crippen molar-refractivity contribution in [2.75, 3.05) is 0 Å². The third-order valence-corrected chi connectivity index (χ3v) is 3.11. The van der Waals surface area contributed by atoms with E-state index < -0.39 is 0 Å². The lowest BCUT2D eigenvalue weighted by molar-refractivity contribution is -0.671. The van der Waals surface area contributed by atoms with Gasteiger partial charge < -0.3 is 0 Å². The van der Waals surface area contributed by atoms with Crippen molar-refractivity contribution >= 4 is 59.3 Å². The molecule has 0 fully saturated rings. The normalized spacial score (nSPS) is 10.4. The Hall–Kier alpha value is -0.580. The van der Waals surface area contributed by atoms with Gasteiger partial charge in [-0.2, -0.15) is 0 Å². The molecule has 0 aliphatic carbocycles. The van der Waals surface area contributed by atoms with E-state index in [0.29, 0.717) is 10.0 Å². The van der Waals surface area contributed by atoms with E-state index in [9.17, 15) is 0 Å². The van der Waals surface area contributed by atoms with Crippen molar-refractivity contribution in [3.05, 3.63) is 63.9 Å². The van der Waals surface area contributed by atoms with Gasteiger partial charge in [0.15, 0.2) is 12.4 Å². The Labute approximate surface area is 134 Å². The highest BCUT2D eigenvalue weighted by molar-refractivity contribution is 14.0. The first-order valence-corrected chi connectivity index (χ1v) is 6.00. The summed E-state index contributed by atoms with van der Waals surface area (Å²) in [4.78, 5) is 0. The van der Waals surface area contributed by atoms with Crippen molar-refractivity contribution in [1.82, 2.24) is 0 Å². The van der Waals surface area contributed by atoms with Crippen LogP contribution in [0.4, 0.5) is 0 Å². The molecule has 0 aliphatic heterocycles. The second-order valence-corrected chi connectivity index (χ2v) is 4.58. The highest BCUT2D eigenvalue weighted by Crippen LogP contribution is 2.26. The Kier molecular flexibility index (Phi) is 6.12. The fourth-order valence-corrected chi connectivity index (χ4v) is 2.00. The first-order valence-electron chi connectivity index (χ1n) is 5.24. The predicted molar refractivity (Wildman–Crippen MR) is 88.4 cm³/mol. The van der Waals surface area contributed by atoms with Crippen molar-refractivity contribution in [2.24, 2.45) is 7.05 Å². The maximum absolute atomic E-state index is 6.08. The molecule has 1 aromatic heterocycles. The molecule has 2 aromatic rings. The van der Waals surface area contributed by atoms with Gasteiger partial charge in [0.05, 0.1) is 0 Å². The van der Waals surface area contributed by atoms with Gasteiger partial charge >= 0.3 is 0 Å². The van der Waals surface area contributed by atoms with Gasteiger partial charge in [-0.05, 0) is 17.7 Å². The Balaban J connectivity index is 0.00000162. The summed E-state index contributed by atoms with van der Waals surface area (Å²) in [6.45, 7) is 0. The lowest BCUT2D eigenvalue weighted by atomic mass is 10.1. The first kappa shape index (κ1) is 15.5. The molecule has 0 radical (unpaired) electrons. The third kappa shape index (κ3) is 3.97. The van der Waals surface area contributed by atoms with Crippen molar-refractivity contribution in [3.63, 3.8) is 0 Å². The number of nitrogens with zero attached hydrogens (tertiary/aromatic N) is 1. The minimum Gasteiger partial charge on any atom is -0.208 e. The summed E-state index contributed by atoms with van der Waals surface area (Å²) in [5.41, 5.74) is 1.96. The predicted octanol–water partition coefficient (Wildman–Crippen LogP) is 4.61. The fourth-order valence-electron chi connectivity index (χ4n) is 1.47. The topological polar surface area (TPSA) is 3.88 Å². The molecule has 4 heteroatoms. The largest absolute Gasteiger partial charge is 0.208 e. The molecule has 0 N–H and O–H groups in total. The van der Waals surface area contributed by atoms with Crippen LogP contribution in [0.1, 0.15) is 11.1 Å². The van der Waals surface area contributed by atoms with Crippen LogP contribution in [0.3, 0.4) is 0 Å². The zero-order valence-corrected chi connectivity index (χ0v) is 13.6. The number of hydrogen-bond acceptors (Lipinski definition) is 0. The average molecular weight is 393 g/mol. The lowest BCUT2D eigenvalue weighted by Crippen LogP contribution is -2.25. The number of benzene rings is 1. The van der Waals surface area contributed by atoms with Crippen LogP contribution in [0, 0.1) is 0 Å². The van der Waals surface area contributed by atoms with E-state index in [2.05, 4.69) is 0 Å². The highest BCUT2D eigenvalue weighted by Gasteiger charge is 2.01. The molecular weight excluding hydrogens is 380 g/mol. The van der Waals surface area contributed by atoms with E-state index in [1.54, 1.807) is 0 Å².